The van der Waals surface area contributed by atoms with E-state index in [4.69, 9.17) is 0 Å². The lowest BCUT2D eigenvalue weighted by atomic mass is 10.1. The average Bonchev–Trinajstić information content (AvgIpc) is 2.41. The SMILES string of the molecule is CCCCCCCC[P+](CCC)(CCC)CCCC. The van der Waals surface area contributed by atoms with Gasteiger partial charge in [0.2, 0.25) is 0 Å². The summed E-state index contributed by atoms with van der Waals surface area (Å²) >= 11 is 0. The molecule has 0 atom stereocenters. The minimum absolute atomic E-state index is 0.568. The third kappa shape index (κ3) is 9.89. The number of unbranched alkanes of at least 4 members (excludes halogenated alkanes) is 6. The van der Waals surface area contributed by atoms with Gasteiger partial charge >= 0.3 is 0 Å². The maximum absolute atomic E-state index is 2.40. The zero-order valence-corrected chi connectivity index (χ0v) is 15.2. The van der Waals surface area contributed by atoms with Gasteiger partial charge in [-0.05, 0) is 32.1 Å². The highest BCUT2D eigenvalue weighted by Gasteiger charge is 2.33. The third-order valence-electron chi connectivity index (χ3n) is 4.37. The lowest BCUT2D eigenvalue weighted by Crippen LogP contribution is -2.12. The standard InChI is InChI=1S/C18H40P/c1-5-9-11-12-13-14-18-19(15-7-3,16-8-4)17-10-6-2/h5-18H2,1-4H3/q+1. The fourth-order valence-electron chi connectivity index (χ4n) is 3.34. The van der Waals surface area contributed by atoms with Crippen molar-refractivity contribution in [2.24, 2.45) is 0 Å². The van der Waals surface area contributed by atoms with Crippen molar-refractivity contribution in [3.63, 3.8) is 0 Å². The van der Waals surface area contributed by atoms with Crippen LogP contribution in [0, 0.1) is 0 Å². The van der Waals surface area contributed by atoms with Crippen LogP contribution in [0.25, 0.3) is 0 Å². The van der Waals surface area contributed by atoms with E-state index in [2.05, 4.69) is 27.7 Å². The second-order valence-corrected chi connectivity index (χ2v) is 10.8. The highest BCUT2D eigenvalue weighted by molar-refractivity contribution is 7.75. The molecule has 1 heteroatoms. The van der Waals surface area contributed by atoms with E-state index in [1.54, 1.807) is 24.6 Å². The summed E-state index contributed by atoms with van der Waals surface area (Å²) < 4.78 is 0. The summed E-state index contributed by atoms with van der Waals surface area (Å²) in [6.07, 6.45) is 20.9. The topological polar surface area (TPSA) is 0 Å². The van der Waals surface area contributed by atoms with E-state index in [0.29, 0.717) is 0 Å². The van der Waals surface area contributed by atoms with Crippen molar-refractivity contribution in [1.82, 2.24) is 0 Å². The van der Waals surface area contributed by atoms with Crippen LogP contribution >= 0.6 is 7.26 Å². The summed E-state index contributed by atoms with van der Waals surface area (Å²) in [5, 5.41) is 0. The maximum atomic E-state index is 2.40. The molecule has 0 heterocycles. The fraction of sp³-hybridized carbons (Fsp3) is 1.00. The summed E-state index contributed by atoms with van der Waals surface area (Å²) in [5.41, 5.74) is 0. The molecule has 0 spiro atoms. The molecule has 0 rings (SSSR count). The molecule has 0 aromatic carbocycles. The Morgan fingerprint density at radius 3 is 1.42 bits per heavy atom. The largest absolute Gasteiger partial charge is 0.0654 e. The first-order chi connectivity index (χ1) is 9.24. The zero-order valence-electron chi connectivity index (χ0n) is 14.3. The Bertz CT molecular complexity index is 171. The molecule has 0 aliphatic carbocycles. The average molecular weight is 287 g/mol. The van der Waals surface area contributed by atoms with Crippen molar-refractivity contribution in [1.29, 1.82) is 0 Å². The van der Waals surface area contributed by atoms with Gasteiger partial charge in [0, 0.05) is 7.26 Å². The van der Waals surface area contributed by atoms with E-state index in [0.717, 1.165) is 0 Å². The number of hydrogen-bond acceptors (Lipinski definition) is 0. The third-order valence-corrected chi connectivity index (χ3v) is 9.69. The van der Waals surface area contributed by atoms with Crippen molar-refractivity contribution in [3.05, 3.63) is 0 Å². The van der Waals surface area contributed by atoms with E-state index in [9.17, 15) is 0 Å². The second-order valence-electron chi connectivity index (χ2n) is 6.36. The van der Waals surface area contributed by atoms with Crippen LogP contribution in [0.1, 0.15) is 91.9 Å². The van der Waals surface area contributed by atoms with Gasteiger partial charge in [-0.2, -0.15) is 0 Å². The number of rotatable bonds is 14. The van der Waals surface area contributed by atoms with Gasteiger partial charge in [0.1, 0.15) is 0 Å². The van der Waals surface area contributed by atoms with Gasteiger partial charge in [-0.25, -0.2) is 0 Å². The molecular weight excluding hydrogens is 247 g/mol. The van der Waals surface area contributed by atoms with Crippen LogP contribution in [-0.2, 0) is 0 Å². The molecule has 116 valence electrons. The van der Waals surface area contributed by atoms with Gasteiger partial charge in [0.25, 0.3) is 0 Å². The Kier molecular flexibility index (Phi) is 13.7. The fourth-order valence-corrected chi connectivity index (χ4v) is 8.46. The Balaban J connectivity index is 4.06. The van der Waals surface area contributed by atoms with Crippen LogP contribution in [-0.4, -0.2) is 24.6 Å². The Labute approximate surface area is 124 Å². The Morgan fingerprint density at radius 1 is 0.421 bits per heavy atom. The molecule has 0 radical (unpaired) electrons. The monoisotopic (exact) mass is 287 g/mol. The normalized spacial score (nSPS) is 12.0. The van der Waals surface area contributed by atoms with Gasteiger partial charge in [-0.15, -0.1) is 0 Å². The molecule has 0 amide bonds. The molecule has 0 aliphatic heterocycles. The predicted molar refractivity (Wildman–Crippen MR) is 95.3 cm³/mol. The van der Waals surface area contributed by atoms with Crippen LogP contribution in [0.3, 0.4) is 0 Å². The number of hydrogen-bond donors (Lipinski definition) is 0. The Hall–Kier alpha value is 0.430. The van der Waals surface area contributed by atoms with Crippen LogP contribution in [0.4, 0.5) is 0 Å². The van der Waals surface area contributed by atoms with Gasteiger partial charge in [-0.1, -0.05) is 59.8 Å². The lowest BCUT2D eigenvalue weighted by molar-refractivity contribution is 0.625. The van der Waals surface area contributed by atoms with Gasteiger partial charge in [0.05, 0.1) is 24.6 Å². The Morgan fingerprint density at radius 2 is 0.895 bits per heavy atom. The summed E-state index contributed by atoms with van der Waals surface area (Å²) in [7, 11) is -0.568. The first-order valence-corrected chi connectivity index (χ1v) is 11.6. The molecule has 0 fully saturated rings. The highest BCUT2D eigenvalue weighted by atomic mass is 31.2. The van der Waals surface area contributed by atoms with Crippen molar-refractivity contribution < 1.29 is 0 Å². The van der Waals surface area contributed by atoms with Crippen molar-refractivity contribution in [2.75, 3.05) is 24.6 Å². The zero-order chi connectivity index (χ0) is 14.4. The quantitative estimate of drug-likeness (QED) is 0.239. The molecule has 0 bridgehead atoms. The summed E-state index contributed by atoms with van der Waals surface area (Å²) in [6, 6.07) is 0. The van der Waals surface area contributed by atoms with Crippen molar-refractivity contribution in [2.45, 2.75) is 91.9 Å². The molecular formula is C18H40P+. The molecule has 19 heavy (non-hydrogen) atoms. The van der Waals surface area contributed by atoms with Crippen LogP contribution in [0.2, 0.25) is 0 Å². The van der Waals surface area contributed by atoms with Crippen LogP contribution in [0.15, 0.2) is 0 Å². The van der Waals surface area contributed by atoms with Crippen molar-refractivity contribution in [3.8, 4) is 0 Å². The molecule has 0 saturated carbocycles. The summed E-state index contributed by atoms with van der Waals surface area (Å²) in [6.45, 7) is 9.47. The van der Waals surface area contributed by atoms with Gasteiger partial charge in [-0.3, -0.25) is 0 Å². The molecule has 0 aliphatic rings. The minimum atomic E-state index is -0.568. The summed E-state index contributed by atoms with van der Waals surface area (Å²) in [4.78, 5) is 0. The molecule has 0 nitrogen and oxygen atoms in total. The first kappa shape index (κ1) is 19.4. The van der Waals surface area contributed by atoms with E-state index >= 15 is 0 Å². The van der Waals surface area contributed by atoms with Gasteiger partial charge in [0.15, 0.2) is 0 Å². The predicted octanol–water partition coefficient (Wildman–Crippen LogP) is 6.98. The van der Waals surface area contributed by atoms with Crippen LogP contribution < -0.4 is 0 Å². The molecule has 0 aromatic heterocycles. The molecule has 0 N–H and O–H groups in total. The maximum Gasteiger partial charge on any atom is 0.0594 e. The van der Waals surface area contributed by atoms with E-state index in [-0.39, 0.29) is 0 Å². The van der Waals surface area contributed by atoms with Gasteiger partial charge < -0.3 is 0 Å². The lowest BCUT2D eigenvalue weighted by Gasteiger charge is -2.27. The molecule has 0 saturated heterocycles. The molecule has 0 aromatic rings. The minimum Gasteiger partial charge on any atom is -0.0654 e. The molecule has 0 unspecified atom stereocenters. The first-order valence-electron chi connectivity index (χ1n) is 9.09. The van der Waals surface area contributed by atoms with E-state index in [1.165, 1.54) is 64.2 Å². The second kappa shape index (κ2) is 13.4. The van der Waals surface area contributed by atoms with E-state index < -0.39 is 7.26 Å². The highest BCUT2D eigenvalue weighted by Crippen LogP contribution is 2.60. The van der Waals surface area contributed by atoms with E-state index in [1.807, 2.05) is 0 Å². The smallest absolute Gasteiger partial charge is 0.0594 e. The van der Waals surface area contributed by atoms with Crippen LogP contribution in [0.5, 0.6) is 0 Å². The summed E-state index contributed by atoms with van der Waals surface area (Å²) in [5.74, 6) is 0. The van der Waals surface area contributed by atoms with Crippen molar-refractivity contribution >= 4 is 7.26 Å².